The zero-order chi connectivity index (χ0) is 26.2. The number of rotatable bonds is 4. The van der Waals surface area contributed by atoms with Gasteiger partial charge in [-0.3, -0.25) is 0 Å². The lowest BCUT2D eigenvalue weighted by Crippen LogP contribution is -2.46. The summed E-state index contributed by atoms with van der Waals surface area (Å²) in [6.07, 6.45) is 1.57. The number of carbonyl (C=O) groups excluding carboxylic acids is 1. The van der Waals surface area contributed by atoms with Gasteiger partial charge in [-0.05, 0) is 41.8 Å². The van der Waals surface area contributed by atoms with Crippen LogP contribution in [0.4, 0.5) is 16.6 Å². The Morgan fingerprint density at radius 2 is 1.82 bits per heavy atom. The van der Waals surface area contributed by atoms with Crippen LogP contribution in [0.1, 0.15) is 28.3 Å². The maximum absolute atomic E-state index is 13.4. The molecule has 198 valence electrons. The van der Waals surface area contributed by atoms with Crippen LogP contribution in [0.3, 0.4) is 0 Å². The van der Waals surface area contributed by atoms with Crippen molar-refractivity contribution >= 4 is 17.8 Å². The summed E-state index contributed by atoms with van der Waals surface area (Å²) in [5, 5.41) is 3.25. The van der Waals surface area contributed by atoms with Gasteiger partial charge in [0, 0.05) is 64.4 Å². The second-order valence-electron chi connectivity index (χ2n) is 10.5. The van der Waals surface area contributed by atoms with Gasteiger partial charge < -0.3 is 30.5 Å². The number of piperazine rings is 1. The number of methoxy groups -OCH3 is 1. The van der Waals surface area contributed by atoms with E-state index in [1.807, 2.05) is 23.1 Å². The molecule has 2 amide bonds. The predicted molar refractivity (Wildman–Crippen MR) is 148 cm³/mol. The van der Waals surface area contributed by atoms with Crippen LogP contribution in [0.5, 0.6) is 0 Å². The number of hydrogen-bond acceptors (Lipinski definition) is 7. The fourth-order valence-electron chi connectivity index (χ4n) is 5.86. The number of nitrogens with two attached hydrogens (primary N) is 1. The Morgan fingerprint density at radius 3 is 2.63 bits per heavy atom. The first-order chi connectivity index (χ1) is 18.5. The van der Waals surface area contributed by atoms with E-state index in [-0.39, 0.29) is 24.1 Å². The number of ether oxygens (including phenoxy) is 1. The van der Waals surface area contributed by atoms with E-state index < -0.39 is 0 Å². The highest BCUT2D eigenvalue weighted by Gasteiger charge is 2.35. The number of anilines is 2. The molecule has 3 aromatic rings. The molecule has 38 heavy (non-hydrogen) atoms. The molecular formula is C29H35N7O2. The molecule has 1 saturated heterocycles. The normalized spacial score (nSPS) is 21.2. The van der Waals surface area contributed by atoms with Gasteiger partial charge in [0.25, 0.3) is 0 Å². The molecule has 2 atom stereocenters. The van der Waals surface area contributed by atoms with Crippen molar-refractivity contribution in [2.24, 2.45) is 0 Å². The fraction of sp³-hybridized carbons (Fsp3) is 0.414. The SMILES string of the molecule is CO[C@H]1Cc2ccccc2[C@H]1NC(=O)N1CCc2ccc(-c3cc(N4CCN(C)CC4)nc(N)n3)cc2C1. The third-order valence-corrected chi connectivity index (χ3v) is 8.12. The average Bonchev–Trinajstić information content (AvgIpc) is 3.29. The lowest BCUT2D eigenvalue weighted by atomic mass is 9.96. The summed E-state index contributed by atoms with van der Waals surface area (Å²) in [7, 11) is 3.85. The smallest absolute Gasteiger partial charge is 0.318 e. The van der Waals surface area contributed by atoms with Crippen LogP contribution in [0.25, 0.3) is 11.3 Å². The van der Waals surface area contributed by atoms with Crippen LogP contribution in [0, 0.1) is 0 Å². The number of nitrogens with one attached hydrogen (secondary N) is 1. The topological polar surface area (TPSA) is 99.9 Å². The molecule has 0 bridgehead atoms. The molecule has 1 fully saturated rings. The largest absolute Gasteiger partial charge is 0.379 e. The van der Waals surface area contributed by atoms with Gasteiger partial charge in [-0.25, -0.2) is 9.78 Å². The number of amides is 2. The van der Waals surface area contributed by atoms with E-state index in [9.17, 15) is 4.79 Å². The first kappa shape index (κ1) is 24.6. The van der Waals surface area contributed by atoms with E-state index in [2.05, 4.69) is 62.5 Å². The molecule has 3 heterocycles. The molecule has 1 aromatic heterocycles. The van der Waals surface area contributed by atoms with Crippen molar-refractivity contribution in [3.05, 3.63) is 70.8 Å². The number of fused-ring (bicyclic) bond motifs is 2. The van der Waals surface area contributed by atoms with Gasteiger partial charge in [-0.15, -0.1) is 0 Å². The maximum Gasteiger partial charge on any atom is 0.318 e. The van der Waals surface area contributed by atoms with Crippen LogP contribution in [0.2, 0.25) is 0 Å². The molecule has 2 aliphatic heterocycles. The Kier molecular flexibility index (Phi) is 6.63. The number of nitrogens with zero attached hydrogens (tertiary/aromatic N) is 5. The average molecular weight is 514 g/mol. The van der Waals surface area contributed by atoms with Crippen molar-refractivity contribution in [1.29, 1.82) is 0 Å². The van der Waals surface area contributed by atoms with Crippen molar-refractivity contribution < 1.29 is 9.53 Å². The first-order valence-corrected chi connectivity index (χ1v) is 13.3. The van der Waals surface area contributed by atoms with Crippen molar-refractivity contribution in [3.63, 3.8) is 0 Å². The molecule has 6 rings (SSSR count). The molecule has 2 aromatic carbocycles. The van der Waals surface area contributed by atoms with Crippen LogP contribution in [-0.4, -0.2) is 78.8 Å². The molecular weight excluding hydrogens is 478 g/mol. The van der Waals surface area contributed by atoms with Gasteiger partial charge in [0.05, 0.1) is 17.8 Å². The minimum Gasteiger partial charge on any atom is -0.379 e. The number of urea groups is 1. The lowest BCUT2D eigenvalue weighted by molar-refractivity contribution is 0.0783. The number of likely N-dealkylation sites (N-methyl/N-ethyl adjacent to an activating group) is 1. The van der Waals surface area contributed by atoms with Crippen LogP contribution >= 0.6 is 0 Å². The van der Waals surface area contributed by atoms with E-state index in [0.29, 0.717) is 13.1 Å². The standard InChI is InChI=1S/C29H35N7O2/c1-34-11-13-35(14-12-34)26-17-24(31-28(30)32-26)21-8-7-19-9-10-36(18-22(19)15-21)29(37)33-27-23-6-4-3-5-20(23)16-25(27)38-2/h3-8,15,17,25,27H,9-14,16,18H2,1-2H3,(H,33,37)(H2,30,31,32)/t25-,27+/m0/s1. The van der Waals surface area contributed by atoms with Crippen LogP contribution in [0.15, 0.2) is 48.5 Å². The molecule has 0 radical (unpaired) electrons. The van der Waals surface area contributed by atoms with Gasteiger partial charge in [0.2, 0.25) is 5.95 Å². The van der Waals surface area contributed by atoms with Gasteiger partial charge in [0.1, 0.15) is 5.82 Å². The Balaban J connectivity index is 1.20. The zero-order valence-corrected chi connectivity index (χ0v) is 22.1. The van der Waals surface area contributed by atoms with E-state index in [1.54, 1.807) is 7.11 Å². The summed E-state index contributed by atoms with van der Waals surface area (Å²) in [6, 6.07) is 16.5. The quantitative estimate of drug-likeness (QED) is 0.553. The molecule has 0 saturated carbocycles. The van der Waals surface area contributed by atoms with Gasteiger partial charge in [-0.1, -0.05) is 36.4 Å². The minimum atomic E-state index is -0.145. The second kappa shape index (κ2) is 10.2. The molecule has 9 heteroatoms. The number of carbonyl (C=O) groups is 1. The van der Waals surface area contributed by atoms with Gasteiger partial charge >= 0.3 is 6.03 Å². The highest BCUT2D eigenvalue weighted by atomic mass is 16.5. The summed E-state index contributed by atoms with van der Waals surface area (Å²) < 4.78 is 5.72. The summed E-state index contributed by atoms with van der Waals surface area (Å²) in [4.78, 5) is 28.9. The molecule has 9 nitrogen and oxygen atoms in total. The number of nitrogen functional groups attached to an aromatic ring is 1. The minimum absolute atomic E-state index is 0.0576. The van der Waals surface area contributed by atoms with E-state index >= 15 is 0 Å². The van der Waals surface area contributed by atoms with Crippen molar-refractivity contribution in [2.45, 2.75) is 31.5 Å². The Morgan fingerprint density at radius 1 is 1.00 bits per heavy atom. The third kappa shape index (κ3) is 4.79. The molecule has 1 aliphatic carbocycles. The van der Waals surface area contributed by atoms with E-state index in [1.165, 1.54) is 11.1 Å². The Hall–Kier alpha value is -3.69. The molecule has 0 spiro atoms. The third-order valence-electron chi connectivity index (χ3n) is 8.12. The Bertz CT molecular complexity index is 1340. The van der Waals surface area contributed by atoms with Crippen LogP contribution < -0.4 is 16.0 Å². The van der Waals surface area contributed by atoms with Crippen molar-refractivity contribution in [3.8, 4) is 11.3 Å². The zero-order valence-electron chi connectivity index (χ0n) is 22.1. The molecule has 3 N–H and O–H groups in total. The molecule has 3 aliphatic rings. The van der Waals surface area contributed by atoms with E-state index in [4.69, 9.17) is 10.5 Å². The number of aromatic nitrogens is 2. The van der Waals surface area contributed by atoms with Crippen molar-refractivity contribution in [2.75, 3.05) is 57.5 Å². The summed E-state index contributed by atoms with van der Waals surface area (Å²) >= 11 is 0. The first-order valence-electron chi connectivity index (χ1n) is 13.3. The van der Waals surface area contributed by atoms with E-state index in [0.717, 1.165) is 67.2 Å². The Labute approximate surface area is 223 Å². The number of hydrogen-bond donors (Lipinski definition) is 2. The maximum atomic E-state index is 13.4. The molecule has 0 unspecified atom stereocenters. The summed E-state index contributed by atoms with van der Waals surface area (Å²) in [6.45, 7) is 5.04. The fourth-order valence-corrected chi connectivity index (χ4v) is 5.86. The van der Waals surface area contributed by atoms with Gasteiger partial charge in [-0.2, -0.15) is 4.98 Å². The monoisotopic (exact) mass is 513 g/mol. The summed E-state index contributed by atoms with van der Waals surface area (Å²) in [5.41, 5.74) is 12.7. The number of benzene rings is 2. The van der Waals surface area contributed by atoms with Crippen LogP contribution in [-0.2, 0) is 24.1 Å². The second-order valence-corrected chi connectivity index (χ2v) is 10.5. The highest BCUT2D eigenvalue weighted by molar-refractivity contribution is 5.76. The predicted octanol–water partition coefficient (Wildman–Crippen LogP) is 2.86. The van der Waals surface area contributed by atoms with Gasteiger partial charge in [0.15, 0.2) is 0 Å². The highest BCUT2D eigenvalue weighted by Crippen LogP contribution is 2.34. The lowest BCUT2D eigenvalue weighted by Gasteiger charge is -2.33. The van der Waals surface area contributed by atoms with Crippen molar-refractivity contribution in [1.82, 2.24) is 25.1 Å². The summed E-state index contributed by atoms with van der Waals surface area (Å²) in [5.74, 6) is 1.14.